The summed E-state index contributed by atoms with van der Waals surface area (Å²) in [6.07, 6.45) is 5.85. The zero-order chi connectivity index (χ0) is 45.8. The number of carbonyl (C=O) groups excluding carboxylic acids is 6. The molecule has 2 aliphatic heterocycles. The molecule has 13 nitrogen and oxygen atoms in total. The van der Waals surface area contributed by atoms with Gasteiger partial charge in [0, 0.05) is 37.5 Å². The van der Waals surface area contributed by atoms with Gasteiger partial charge in [0.05, 0.1) is 38.2 Å². The molecule has 2 aromatic carbocycles. The molecule has 2 aliphatic rings. The third-order valence-corrected chi connectivity index (χ3v) is 12.8. The molecule has 3 heterocycles. The first-order valence-electron chi connectivity index (χ1n) is 21.4. The summed E-state index contributed by atoms with van der Waals surface area (Å²) >= 11 is 8.00. The van der Waals surface area contributed by atoms with Crippen LogP contribution < -0.4 is 4.74 Å². The maximum Gasteiger partial charge on any atom is 0.508 e. The van der Waals surface area contributed by atoms with Gasteiger partial charge in [0.2, 0.25) is 0 Å². The van der Waals surface area contributed by atoms with Crippen LogP contribution in [0.2, 0.25) is 5.02 Å². The van der Waals surface area contributed by atoms with E-state index in [-0.39, 0.29) is 54.5 Å². The van der Waals surface area contributed by atoms with Crippen molar-refractivity contribution in [3.63, 3.8) is 0 Å². The van der Waals surface area contributed by atoms with Crippen LogP contribution >= 0.6 is 22.9 Å². The lowest BCUT2D eigenvalue weighted by Crippen LogP contribution is -2.48. The van der Waals surface area contributed by atoms with Crippen molar-refractivity contribution < 1.29 is 52.8 Å². The third-order valence-electron chi connectivity index (χ3n) is 11.6. The number of aliphatic hydroxyl groups is 1. The van der Waals surface area contributed by atoms with Gasteiger partial charge in [-0.2, -0.15) is 0 Å². The average molecular weight is 906 g/mol. The van der Waals surface area contributed by atoms with Crippen LogP contribution in [0.5, 0.6) is 5.75 Å². The number of imide groups is 1. The third kappa shape index (κ3) is 13.4. The molecule has 1 aromatic heterocycles. The number of hydrogen-bond donors (Lipinski definition) is 1. The molecule has 5 atom stereocenters. The quantitative estimate of drug-likeness (QED) is 0.0566. The predicted octanol–water partition coefficient (Wildman–Crippen LogP) is 9.65. The number of cyclic esters (lactones) is 1. The van der Waals surface area contributed by atoms with E-state index in [1.54, 1.807) is 37.3 Å². The second-order valence-electron chi connectivity index (χ2n) is 16.9. The minimum atomic E-state index is -1.50. The molecular formula is C48H57ClN2O11S. The van der Waals surface area contributed by atoms with Crippen LogP contribution in [0.4, 0.5) is 4.79 Å². The van der Waals surface area contributed by atoms with Crippen molar-refractivity contribution in [2.75, 3.05) is 6.54 Å². The van der Waals surface area contributed by atoms with E-state index in [0.29, 0.717) is 37.7 Å². The summed E-state index contributed by atoms with van der Waals surface area (Å²) in [5.41, 5.74) is 1.59. The Morgan fingerprint density at radius 3 is 2.52 bits per heavy atom. The van der Waals surface area contributed by atoms with Crippen molar-refractivity contribution in [3.8, 4) is 5.75 Å². The van der Waals surface area contributed by atoms with E-state index >= 15 is 0 Å². The van der Waals surface area contributed by atoms with Crippen LogP contribution in [0.25, 0.3) is 10.2 Å². The molecule has 0 unspecified atom stereocenters. The number of nitrogens with zero attached hydrogens (tertiary/aromatic N) is 2. The van der Waals surface area contributed by atoms with Gasteiger partial charge in [0.15, 0.2) is 0 Å². The number of aromatic nitrogens is 1. The topological polar surface area (TPSA) is 176 Å². The van der Waals surface area contributed by atoms with Crippen LogP contribution in [0.15, 0.2) is 72.9 Å². The van der Waals surface area contributed by atoms with Gasteiger partial charge in [-0.25, -0.2) is 9.78 Å². The number of rotatable bonds is 13. The maximum atomic E-state index is 14.5. The van der Waals surface area contributed by atoms with Gasteiger partial charge in [-0.3, -0.25) is 28.9 Å². The van der Waals surface area contributed by atoms with Gasteiger partial charge in [-0.15, -0.1) is 17.9 Å². The molecule has 63 heavy (non-hydrogen) atoms. The summed E-state index contributed by atoms with van der Waals surface area (Å²) in [6.45, 7) is 12.8. The molecule has 2 amide bonds. The van der Waals surface area contributed by atoms with Gasteiger partial charge in [-0.05, 0) is 108 Å². The van der Waals surface area contributed by atoms with E-state index in [0.717, 1.165) is 44.1 Å². The number of ketones is 1. The molecule has 0 bridgehead atoms. The van der Waals surface area contributed by atoms with Gasteiger partial charge in [0.1, 0.15) is 30.3 Å². The van der Waals surface area contributed by atoms with Crippen molar-refractivity contribution in [1.82, 2.24) is 9.88 Å². The van der Waals surface area contributed by atoms with Crippen LogP contribution in [-0.4, -0.2) is 69.4 Å². The molecule has 0 aliphatic carbocycles. The van der Waals surface area contributed by atoms with Crippen molar-refractivity contribution in [3.05, 3.63) is 94.0 Å². The SMILES string of the molecule is C=CC[C@H]1C(=O)C(C)(C)[C@@H](OC(=O)OCc2ccc(OC(=O)CCCCCN3C(=O)C=CC3=O)c(Cl)c2)CC(=O)O[C@H](c2ccc3sc(C)nc3c2)C/C=C(/C)CCC[C@H](C)[C@@H]1O. The van der Waals surface area contributed by atoms with Crippen molar-refractivity contribution in [2.45, 2.75) is 124 Å². The minimum absolute atomic E-state index is 0.0898. The number of ether oxygens (including phenoxy) is 4. The average Bonchev–Trinajstić information content (AvgIpc) is 3.78. The number of carbonyl (C=O) groups is 6. The number of unbranched alkanes of at least 4 members (excludes halogenated alkanes) is 2. The van der Waals surface area contributed by atoms with Crippen molar-refractivity contribution in [2.24, 2.45) is 17.3 Å². The summed E-state index contributed by atoms with van der Waals surface area (Å²) in [6, 6.07) is 10.3. The Hall–Kier alpha value is -5.18. The lowest BCUT2D eigenvalue weighted by Gasteiger charge is -2.37. The normalized spacial score (nSPS) is 23.3. The standard InChI is InChI=1S/C48H57ClN2O11S/c1-7-12-34-45(56)30(3)14-11-13-29(2)16-19-37(33-18-21-39-36(26-33)50-31(4)63-39)60-44(55)27-40(48(5,6)46(34)57)62-47(58)59-28-32-17-20-38(35(49)25-32)61-43(54)15-9-8-10-24-51-41(52)22-23-42(51)53/h7,16-18,20-23,25-26,30,34,37,40,45,56H,1,8-15,19,24,27-28H2,2-6H3/b29-16-/t30-,34+,37-,40-,45-/m0/s1. The number of aryl methyl sites for hydroxylation is 1. The smallest absolute Gasteiger partial charge is 0.457 e. The Kier molecular flexibility index (Phi) is 17.4. The molecule has 0 saturated carbocycles. The van der Waals surface area contributed by atoms with Gasteiger partial charge in [0.25, 0.3) is 11.8 Å². The van der Waals surface area contributed by atoms with E-state index in [9.17, 15) is 33.9 Å². The van der Waals surface area contributed by atoms with E-state index in [2.05, 4.69) is 17.6 Å². The molecule has 15 heteroatoms. The number of hydrogen-bond acceptors (Lipinski definition) is 13. The number of halogens is 1. The molecule has 5 rings (SSSR count). The Bertz CT molecular complexity index is 2230. The molecule has 0 spiro atoms. The lowest BCUT2D eigenvalue weighted by atomic mass is 9.71. The van der Waals surface area contributed by atoms with Crippen LogP contribution in [0.1, 0.15) is 114 Å². The zero-order valence-electron chi connectivity index (χ0n) is 36.6. The fourth-order valence-corrected chi connectivity index (χ4v) is 8.81. The molecule has 338 valence electrons. The Labute approximate surface area is 377 Å². The van der Waals surface area contributed by atoms with E-state index in [1.807, 2.05) is 39.0 Å². The number of aliphatic hydroxyl groups excluding tert-OH is 1. The number of amides is 2. The highest BCUT2D eigenvalue weighted by Gasteiger charge is 2.46. The monoisotopic (exact) mass is 904 g/mol. The fraction of sp³-hybridized carbons (Fsp3) is 0.479. The summed E-state index contributed by atoms with van der Waals surface area (Å²) in [5, 5.41) is 12.5. The summed E-state index contributed by atoms with van der Waals surface area (Å²) < 4.78 is 23.9. The number of allylic oxidation sites excluding steroid dienone is 2. The largest absolute Gasteiger partial charge is 0.508 e. The molecule has 1 N–H and O–H groups in total. The van der Waals surface area contributed by atoms with Crippen LogP contribution in [0, 0.1) is 24.2 Å². The highest BCUT2D eigenvalue weighted by atomic mass is 35.5. The Morgan fingerprint density at radius 1 is 1.06 bits per heavy atom. The summed E-state index contributed by atoms with van der Waals surface area (Å²) in [7, 11) is 0. The van der Waals surface area contributed by atoms with E-state index in [4.69, 9.17) is 30.5 Å². The van der Waals surface area contributed by atoms with Crippen molar-refractivity contribution in [1.29, 1.82) is 0 Å². The highest BCUT2D eigenvalue weighted by Crippen LogP contribution is 2.37. The summed E-state index contributed by atoms with van der Waals surface area (Å²) in [4.78, 5) is 83.6. The lowest BCUT2D eigenvalue weighted by molar-refractivity contribution is -0.157. The fourth-order valence-electron chi connectivity index (χ4n) is 7.76. The Morgan fingerprint density at radius 2 is 1.81 bits per heavy atom. The van der Waals surface area contributed by atoms with Gasteiger partial charge >= 0.3 is 18.1 Å². The number of fused-ring (bicyclic) bond motifs is 1. The highest BCUT2D eigenvalue weighted by molar-refractivity contribution is 7.18. The summed E-state index contributed by atoms with van der Waals surface area (Å²) in [5.74, 6) is -3.33. The Balaban J connectivity index is 1.27. The molecule has 0 saturated heterocycles. The zero-order valence-corrected chi connectivity index (χ0v) is 38.1. The number of Topliss-reactive ketones (excluding diaryl/α,β-unsaturated/α-hetero) is 1. The van der Waals surface area contributed by atoms with Gasteiger partial charge < -0.3 is 24.1 Å². The number of esters is 2. The second-order valence-corrected chi connectivity index (χ2v) is 18.5. The van der Waals surface area contributed by atoms with Crippen LogP contribution in [-0.2, 0) is 44.8 Å². The first kappa shape index (κ1) is 48.8. The molecule has 0 fully saturated rings. The number of benzene rings is 2. The molecule has 3 aromatic rings. The van der Waals surface area contributed by atoms with Crippen LogP contribution in [0.3, 0.4) is 0 Å². The maximum absolute atomic E-state index is 14.5. The van der Waals surface area contributed by atoms with Gasteiger partial charge in [-0.1, -0.05) is 54.8 Å². The molecule has 0 radical (unpaired) electrons. The minimum Gasteiger partial charge on any atom is -0.457 e. The first-order valence-corrected chi connectivity index (χ1v) is 22.6. The molecular weight excluding hydrogens is 848 g/mol. The van der Waals surface area contributed by atoms with Crippen molar-refractivity contribution >= 4 is 68.8 Å². The van der Waals surface area contributed by atoms with E-state index in [1.165, 1.54) is 24.3 Å². The van der Waals surface area contributed by atoms with E-state index < -0.39 is 59.9 Å². The second kappa shape index (κ2) is 22.4. The first-order chi connectivity index (χ1) is 30.0. The number of thiazole rings is 1. The predicted molar refractivity (Wildman–Crippen MR) is 239 cm³/mol.